The average molecular weight is 431 g/mol. The molecule has 0 saturated heterocycles. The highest BCUT2D eigenvalue weighted by Crippen LogP contribution is 2.22. The van der Waals surface area contributed by atoms with Gasteiger partial charge in [-0.3, -0.25) is 0 Å². The van der Waals surface area contributed by atoms with Gasteiger partial charge in [-0.1, -0.05) is 37.7 Å². The number of nitrogens with one attached hydrogen (secondary N) is 2. The van der Waals surface area contributed by atoms with Crippen LogP contribution in [0.15, 0.2) is 29.4 Å². The highest BCUT2D eigenvalue weighted by atomic mass is 32.2. The summed E-state index contributed by atoms with van der Waals surface area (Å²) in [5, 5.41) is 17.8. The molecule has 28 heavy (non-hydrogen) atoms. The van der Waals surface area contributed by atoms with Crippen LogP contribution in [0.5, 0.6) is 0 Å². The van der Waals surface area contributed by atoms with Gasteiger partial charge in [-0.15, -0.1) is 0 Å². The van der Waals surface area contributed by atoms with E-state index in [1.165, 1.54) is 23.9 Å². The molecule has 1 atom stereocenters. The fourth-order valence-corrected chi connectivity index (χ4v) is 3.45. The van der Waals surface area contributed by atoms with E-state index in [-0.39, 0.29) is 35.5 Å². The van der Waals surface area contributed by atoms with Crippen molar-refractivity contribution >= 4 is 33.9 Å². The summed E-state index contributed by atoms with van der Waals surface area (Å²) < 4.78 is 37.7. The van der Waals surface area contributed by atoms with Crippen LogP contribution in [0.3, 0.4) is 0 Å². The van der Waals surface area contributed by atoms with Gasteiger partial charge in [-0.25, -0.2) is 14.3 Å². The molecule has 0 radical (unpaired) electrons. The number of aromatic nitrogens is 3. The molecule has 1 heterocycles. The summed E-state index contributed by atoms with van der Waals surface area (Å²) in [7, 11) is -4.07. The van der Waals surface area contributed by atoms with E-state index in [0.29, 0.717) is 18.1 Å². The molecule has 0 aliphatic carbocycles. The van der Waals surface area contributed by atoms with Crippen molar-refractivity contribution in [3.8, 4) is 0 Å². The van der Waals surface area contributed by atoms with E-state index in [2.05, 4.69) is 20.3 Å². The smallest absolute Gasteiger partial charge is 0.298 e. The first kappa shape index (κ1) is 22.3. The van der Waals surface area contributed by atoms with Crippen LogP contribution in [0.1, 0.15) is 25.8 Å². The SMILES string of the molecule is CC(C)C[C@H](CO)Nc1nc(NS(N)(=O)=O)nc(SCc2ccc(F)cc2)n1. The zero-order valence-corrected chi connectivity index (χ0v) is 17.1. The van der Waals surface area contributed by atoms with Gasteiger partial charge < -0.3 is 10.4 Å². The largest absolute Gasteiger partial charge is 0.394 e. The fraction of sp³-hybridized carbons (Fsp3) is 0.438. The third kappa shape index (κ3) is 7.92. The third-order valence-corrected chi connectivity index (χ3v) is 4.82. The predicted octanol–water partition coefficient (Wildman–Crippen LogP) is 1.74. The summed E-state index contributed by atoms with van der Waals surface area (Å²) in [6.45, 7) is 3.88. The molecule has 0 bridgehead atoms. The van der Waals surface area contributed by atoms with Crippen molar-refractivity contribution in [1.82, 2.24) is 15.0 Å². The molecule has 0 aliphatic heterocycles. The predicted molar refractivity (Wildman–Crippen MR) is 106 cm³/mol. The molecule has 0 fully saturated rings. The Balaban J connectivity index is 2.22. The van der Waals surface area contributed by atoms with E-state index >= 15 is 0 Å². The Morgan fingerprint density at radius 2 is 1.82 bits per heavy atom. The van der Waals surface area contributed by atoms with E-state index < -0.39 is 10.2 Å². The Hall–Kier alpha value is -2.02. The van der Waals surface area contributed by atoms with E-state index in [1.54, 1.807) is 12.1 Å². The monoisotopic (exact) mass is 430 g/mol. The second-order valence-corrected chi connectivity index (χ2v) is 8.72. The van der Waals surface area contributed by atoms with Gasteiger partial charge >= 0.3 is 0 Å². The molecule has 9 nitrogen and oxygen atoms in total. The summed E-state index contributed by atoms with van der Waals surface area (Å²) in [5.74, 6) is 0.305. The molecule has 12 heteroatoms. The van der Waals surface area contributed by atoms with Gasteiger partial charge in [-0.05, 0) is 30.0 Å². The Labute approximate surface area is 167 Å². The lowest BCUT2D eigenvalue weighted by Gasteiger charge is -2.18. The van der Waals surface area contributed by atoms with Gasteiger partial charge in [0.05, 0.1) is 12.6 Å². The van der Waals surface area contributed by atoms with Gasteiger partial charge in [0.1, 0.15) is 5.82 Å². The third-order valence-electron chi connectivity index (χ3n) is 3.44. The first-order valence-corrected chi connectivity index (χ1v) is 11.0. The van der Waals surface area contributed by atoms with Crippen LogP contribution in [-0.4, -0.2) is 41.1 Å². The Morgan fingerprint density at radius 1 is 1.18 bits per heavy atom. The minimum atomic E-state index is -4.07. The molecule has 0 saturated carbocycles. The Bertz CT molecular complexity index is 880. The maximum absolute atomic E-state index is 13.0. The summed E-state index contributed by atoms with van der Waals surface area (Å²) in [6, 6.07) is 5.66. The first-order chi connectivity index (χ1) is 13.1. The minimum Gasteiger partial charge on any atom is -0.394 e. The van der Waals surface area contributed by atoms with E-state index in [9.17, 15) is 17.9 Å². The molecule has 0 amide bonds. The number of thioether (sulfide) groups is 1. The van der Waals surface area contributed by atoms with Gasteiger partial charge in [0, 0.05) is 5.75 Å². The molecule has 1 aromatic heterocycles. The highest BCUT2D eigenvalue weighted by molar-refractivity contribution is 7.98. The number of anilines is 2. The van der Waals surface area contributed by atoms with Crippen molar-refractivity contribution in [2.24, 2.45) is 11.1 Å². The Morgan fingerprint density at radius 3 is 2.39 bits per heavy atom. The van der Waals surface area contributed by atoms with Gasteiger partial charge in [0.15, 0.2) is 5.16 Å². The molecule has 0 unspecified atom stereocenters. The van der Waals surface area contributed by atoms with Crippen LogP contribution >= 0.6 is 11.8 Å². The van der Waals surface area contributed by atoms with Crippen LogP contribution in [-0.2, 0) is 16.0 Å². The quantitative estimate of drug-likeness (QED) is 0.417. The average Bonchev–Trinajstić information content (AvgIpc) is 2.58. The zero-order valence-electron chi connectivity index (χ0n) is 15.5. The van der Waals surface area contributed by atoms with Crippen LogP contribution in [0.2, 0.25) is 0 Å². The van der Waals surface area contributed by atoms with E-state index in [4.69, 9.17) is 5.14 Å². The van der Waals surface area contributed by atoms with E-state index in [1.807, 2.05) is 18.6 Å². The number of rotatable bonds is 10. The molecular formula is C16H23FN6O3S2. The molecular weight excluding hydrogens is 407 g/mol. The number of nitrogens with zero attached hydrogens (tertiary/aromatic N) is 3. The number of aliphatic hydroxyl groups is 1. The van der Waals surface area contributed by atoms with Crippen molar-refractivity contribution in [3.63, 3.8) is 0 Å². The summed E-state index contributed by atoms with van der Waals surface area (Å²) in [4.78, 5) is 12.3. The number of hydrogen-bond acceptors (Lipinski definition) is 8. The van der Waals surface area contributed by atoms with Crippen LogP contribution in [0.25, 0.3) is 0 Å². The van der Waals surface area contributed by atoms with Crippen molar-refractivity contribution in [2.45, 2.75) is 37.2 Å². The number of halogens is 1. The van der Waals surface area contributed by atoms with Crippen molar-refractivity contribution in [3.05, 3.63) is 35.6 Å². The molecule has 154 valence electrons. The lowest BCUT2D eigenvalue weighted by molar-refractivity contribution is 0.259. The summed E-state index contributed by atoms with van der Waals surface area (Å²) >= 11 is 1.22. The van der Waals surface area contributed by atoms with Gasteiger partial charge in [0.25, 0.3) is 10.2 Å². The van der Waals surface area contributed by atoms with Crippen LogP contribution < -0.4 is 15.2 Å². The maximum Gasteiger partial charge on any atom is 0.298 e. The second kappa shape index (κ2) is 9.96. The molecule has 1 aromatic carbocycles. The second-order valence-electron chi connectivity index (χ2n) is 6.48. The van der Waals surface area contributed by atoms with Crippen molar-refractivity contribution in [2.75, 3.05) is 16.6 Å². The lowest BCUT2D eigenvalue weighted by Crippen LogP contribution is -2.28. The van der Waals surface area contributed by atoms with Crippen LogP contribution in [0.4, 0.5) is 16.3 Å². The standard InChI is InChI=1S/C16H23FN6O3S2/c1-10(2)7-13(8-24)19-14-20-15(23-28(18,25)26)22-16(21-14)27-9-11-3-5-12(17)6-4-11/h3-6,10,13,24H,7-9H2,1-2H3,(H2,18,25,26)(H2,19,20,21,22,23)/t13-/m1/s1. The normalized spacial score (nSPS) is 12.8. The molecule has 2 aromatic rings. The number of nitrogens with two attached hydrogens (primary N) is 1. The molecule has 0 spiro atoms. The number of hydrogen-bond donors (Lipinski definition) is 4. The lowest BCUT2D eigenvalue weighted by atomic mass is 10.0. The Kier molecular flexibility index (Phi) is 7.92. The maximum atomic E-state index is 13.0. The topological polar surface area (TPSA) is 143 Å². The van der Waals surface area contributed by atoms with Crippen molar-refractivity contribution < 1.29 is 17.9 Å². The number of benzene rings is 1. The van der Waals surface area contributed by atoms with Gasteiger partial charge in [-0.2, -0.15) is 23.4 Å². The van der Waals surface area contributed by atoms with Crippen molar-refractivity contribution in [1.29, 1.82) is 0 Å². The minimum absolute atomic E-state index is 0.113. The van der Waals surface area contributed by atoms with Gasteiger partial charge in [0.2, 0.25) is 11.9 Å². The summed E-state index contributed by atoms with van der Waals surface area (Å²) in [6.07, 6.45) is 0.665. The summed E-state index contributed by atoms with van der Waals surface area (Å²) in [5.41, 5.74) is 0.843. The zero-order chi connectivity index (χ0) is 20.7. The molecule has 0 aliphatic rings. The molecule has 5 N–H and O–H groups in total. The first-order valence-electron chi connectivity index (χ1n) is 8.46. The molecule has 2 rings (SSSR count). The highest BCUT2D eigenvalue weighted by Gasteiger charge is 2.15. The fourth-order valence-electron chi connectivity index (χ4n) is 2.32. The van der Waals surface area contributed by atoms with Crippen LogP contribution in [0, 0.1) is 11.7 Å². The van der Waals surface area contributed by atoms with E-state index in [0.717, 1.165) is 5.56 Å². The number of aliphatic hydroxyl groups excluding tert-OH is 1.